The molecule has 0 atom stereocenters. The van der Waals surface area contributed by atoms with Crippen LogP contribution in [0.15, 0.2) is 35.7 Å². The maximum absolute atomic E-state index is 5.15. The lowest BCUT2D eigenvalue weighted by Crippen LogP contribution is -1.98. The molecule has 1 aromatic heterocycles. The Morgan fingerprint density at radius 1 is 1.26 bits per heavy atom. The highest BCUT2D eigenvalue weighted by molar-refractivity contribution is 7.98. The summed E-state index contributed by atoms with van der Waals surface area (Å²) in [6.07, 6.45) is 4.15. The van der Waals surface area contributed by atoms with Crippen LogP contribution in [0.25, 0.3) is 0 Å². The van der Waals surface area contributed by atoms with Gasteiger partial charge in [-0.25, -0.2) is 0 Å². The van der Waals surface area contributed by atoms with Crippen LogP contribution >= 0.6 is 11.8 Å². The Morgan fingerprint density at radius 2 is 2.05 bits per heavy atom. The van der Waals surface area contributed by atoms with Crippen LogP contribution in [0.5, 0.6) is 5.75 Å². The van der Waals surface area contributed by atoms with Gasteiger partial charge in [-0.05, 0) is 24.1 Å². The van der Waals surface area contributed by atoms with E-state index in [9.17, 15) is 0 Å². The number of methoxy groups -OCH3 is 1. The minimum Gasteiger partial charge on any atom is -0.497 e. The molecule has 0 aliphatic heterocycles. The Hall–Kier alpha value is -1.49. The summed E-state index contributed by atoms with van der Waals surface area (Å²) in [7, 11) is 1.68. The van der Waals surface area contributed by atoms with Gasteiger partial charge in [-0.1, -0.05) is 37.2 Å². The molecule has 0 spiro atoms. The van der Waals surface area contributed by atoms with Crippen molar-refractivity contribution in [2.75, 3.05) is 7.11 Å². The molecule has 0 radical (unpaired) electrons. The molecule has 1 aromatic carbocycles. The van der Waals surface area contributed by atoms with Crippen LogP contribution in [-0.4, -0.2) is 21.9 Å². The first-order valence-electron chi connectivity index (χ1n) is 6.47. The number of ether oxygens (including phenoxy) is 1. The molecule has 1 heterocycles. The van der Waals surface area contributed by atoms with E-state index < -0.39 is 0 Å². The number of unbranched alkanes of at least 4 members (excludes halogenated alkanes) is 1. The Balaban J connectivity index is 1.92. The molecule has 2 aromatic rings. The van der Waals surface area contributed by atoms with Gasteiger partial charge in [0.15, 0.2) is 5.16 Å². The summed E-state index contributed by atoms with van der Waals surface area (Å²) in [5.74, 6) is 1.79. The molecule has 5 heteroatoms. The van der Waals surface area contributed by atoms with Gasteiger partial charge in [-0.15, -0.1) is 10.2 Å². The van der Waals surface area contributed by atoms with Gasteiger partial charge in [0.05, 0.1) is 7.11 Å². The van der Waals surface area contributed by atoms with Crippen LogP contribution in [0.2, 0.25) is 0 Å². The third-order valence-corrected chi connectivity index (χ3v) is 3.91. The molecule has 0 saturated carbocycles. The van der Waals surface area contributed by atoms with Gasteiger partial charge in [0.25, 0.3) is 0 Å². The number of aromatic nitrogens is 3. The van der Waals surface area contributed by atoms with E-state index in [1.165, 1.54) is 12.0 Å². The Kier molecular flexibility index (Phi) is 5.27. The van der Waals surface area contributed by atoms with Crippen LogP contribution in [0, 0.1) is 0 Å². The summed E-state index contributed by atoms with van der Waals surface area (Å²) in [4.78, 5) is 0. The van der Waals surface area contributed by atoms with Crippen LogP contribution in [0.1, 0.15) is 25.3 Å². The first kappa shape index (κ1) is 13.9. The lowest BCUT2D eigenvalue weighted by atomic mass is 10.2. The minimum atomic E-state index is 0.889. The summed E-state index contributed by atoms with van der Waals surface area (Å²) >= 11 is 1.72. The lowest BCUT2D eigenvalue weighted by Gasteiger charge is -2.06. The van der Waals surface area contributed by atoms with Gasteiger partial charge in [0.2, 0.25) is 0 Å². The molecule has 0 fully saturated rings. The minimum absolute atomic E-state index is 0.889. The highest BCUT2D eigenvalue weighted by Gasteiger charge is 2.05. The smallest absolute Gasteiger partial charge is 0.191 e. The summed E-state index contributed by atoms with van der Waals surface area (Å²) in [5.41, 5.74) is 1.26. The van der Waals surface area contributed by atoms with Crippen molar-refractivity contribution in [2.45, 2.75) is 37.2 Å². The Labute approximate surface area is 118 Å². The molecule has 0 N–H and O–H groups in total. The van der Waals surface area contributed by atoms with Crippen LogP contribution < -0.4 is 4.74 Å². The first-order chi connectivity index (χ1) is 9.33. The normalized spacial score (nSPS) is 10.6. The fourth-order valence-electron chi connectivity index (χ4n) is 1.71. The molecular formula is C14H19N3OS. The molecule has 4 nitrogen and oxygen atoms in total. The number of nitrogens with zero attached hydrogens (tertiary/aromatic N) is 3. The van der Waals surface area contributed by atoms with Gasteiger partial charge in [-0.3, -0.25) is 0 Å². The number of hydrogen-bond donors (Lipinski definition) is 0. The van der Waals surface area contributed by atoms with Crippen molar-refractivity contribution in [3.05, 3.63) is 36.2 Å². The van der Waals surface area contributed by atoms with Crippen molar-refractivity contribution < 1.29 is 4.74 Å². The third kappa shape index (κ3) is 3.99. The average molecular weight is 277 g/mol. The molecule has 102 valence electrons. The zero-order valence-corrected chi connectivity index (χ0v) is 12.2. The SMILES string of the molecule is CCCCn1cnnc1SCc1ccc(OC)cc1. The predicted octanol–water partition coefficient (Wildman–Crippen LogP) is 3.38. The van der Waals surface area contributed by atoms with Gasteiger partial charge >= 0.3 is 0 Å². The quantitative estimate of drug-likeness (QED) is 0.727. The monoisotopic (exact) mass is 277 g/mol. The molecule has 0 amide bonds. The van der Waals surface area contributed by atoms with Gasteiger partial charge < -0.3 is 9.30 Å². The van der Waals surface area contributed by atoms with Gasteiger partial charge in [-0.2, -0.15) is 0 Å². The highest BCUT2D eigenvalue weighted by Crippen LogP contribution is 2.22. The van der Waals surface area contributed by atoms with Crippen molar-refractivity contribution >= 4 is 11.8 Å². The van der Waals surface area contributed by atoms with E-state index >= 15 is 0 Å². The molecule has 0 saturated heterocycles. The van der Waals surface area contributed by atoms with E-state index in [-0.39, 0.29) is 0 Å². The number of rotatable bonds is 7. The lowest BCUT2D eigenvalue weighted by molar-refractivity contribution is 0.414. The van der Waals surface area contributed by atoms with E-state index in [4.69, 9.17) is 4.74 Å². The summed E-state index contributed by atoms with van der Waals surface area (Å²) in [5, 5.41) is 9.15. The standard InChI is InChI=1S/C14H19N3OS/c1-3-4-9-17-11-15-16-14(17)19-10-12-5-7-13(18-2)8-6-12/h5-8,11H,3-4,9-10H2,1-2H3. The summed E-state index contributed by atoms with van der Waals surface area (Å²) in [6.45, 7) is 3.18. The van der Waals surface area contributed by atoms with E-state index in [1.807, 2.05) is 18.5 Å². The van der Waals surface area contributed by atoms with Crippen molar-refractivity contribution in [3.8, 4) is 5.75 Å². The zero-order valence-electron chi connectivity index (χ0n) is 11.4. The molecule has 0 aliphatic rings. The maximum Gasteiger partial charge on any atom is 0.191 e. The van der Waals surface area contributed by atoms with Crippen molar-refractivity contribution in [1.29, 1.82) is 0 Å². The topological polar surface area (TPSA) is 39.9 Å². The molecule has 0 bridgehead atoms. The second-order valence-corrected chi connectivity index (χ2v) is 5.24. The Morgan fingerprint density at radius 3 is 2.74 bits per heavy atom. The predicted molar refractivity (Wildman–Crippen MR) is 77.5 cm³/mol. The number of hydrogen-bond acceptors (Lipinski definition) is 4. The second kappa shape index (κ2) is 7.19. The summed E-state index contributed by atoms with van der Waals surface area (Å²) in [6, 6.07) is 8.13. The highest BCUT2D eigenvalue weighted by atomic mass is 32.2. The largest absolute Gasteiger partial charge is 0.497 e. The summed E-state index contributed by atoms with van der Waals surface area (Å²) < 4.78 is 7.27. The van der Waals surface area contributed by atoms with Crippen LogP contribution in [-0.2, 0) is 12.3 Å². The van der Waals surface area contributed by atoms with E-state index in [2.05, 4.69) is 33.8 Å². The third-order valence-electron chi connectivity index (χ3n) is 2.86. The Bertz CT molecular complexity index is 496. The van der Waals surface area contributed by atoms with E-state index in [0.29, 0.717) is 0 Å². The molecule has 0 unspecified atom stereocenters. The van der Waals surface area contributed by atoms with Crippen LogP contribution in [0.4, 0.5) is 0 Å². The molecule has 0 aliphatic carbocycles. The fraction of sp³-hybridized carbons (Fsp3) is 0.429. The van der Waals surface area contributed by atoms with Gasteiger partial charge in [0, 0.05) is 12.3 Å². The number of aryl methyl sites for hydroxylation is 1. The fourth-order valence-corrected chi connectivity index (χ4v) is 2.60. The number of thioether (sulfide) groups is 1. The van der Waals surface area contributed by atoms with Gasteiger partial charge in [0.1, 0.15) is 12.1 Å². The molecular weight excluding hydrogens is 258 g/mol. The second-order valence-electron chi connectivity index (χ2n) is 4.30. The van der Waals surface area contributed by atoms with Crippen molar-refractivity contribution in [3.63, 3.8) is 0 Å². The maximum atomic E-state index is 5.15. The molecule has 19 heavy (non-hydrogen) atoms. The first-order valence-corrected chi connectivity index (χ1v) is 7.45. The van der Waals surface area contributed by atoms with Crippen molar-refractivity contribution in [2.24, 2.45) is 0 Å². The zero-order chi connectivity index (χ0) is 13.5. The van der Waals surface area contributed by atoms with E-state index in [0.717, 1.165) is 29.6 Å². The average Bonchev–Trinajstić information content (AvgIpc) is 2.91. The van der Waals surface area contributed by atoms with Crippen LogP contribution in [0.3, 0.4) is 0 Å². The molecule has 2 rings (SSSR count). The van der Waals surface area contributed by atoms with E-state index in [1.54, 1.807) is 18.9 Å². The van der Waals surface area contributed by atoms with Crippen molar-refractivity contribution in [1.82, 2.24) is 14.8 Å². The number of benzene rings is 1.